The van der Waals surface area contributed by atoms with Crippen molar-refractivity contribution in [3.05, 3.63) is 29.8 Å². The monoisotopic (exact) mass is 401 g/mol. The number of para-hydroxylation sites is 1. The molecule has 1 aliphatic rings. The van der Waals surface area contributed by atoms with E-state index in [0.717, 1.165) is 37.2 Å². The van der Waals surface area contributed by atoms with Crippen LogP contribution in [0.15, 0.2) is 24.3 Å². The smallest absolute Gasteiger partial charge is 0.390 e. The minimum Gasteiger partial charge on any atom is -0.496 e. The number of piperidine rings is 1. The molecule has 1 fully saturated rings. The number of amides is 2. The number of nitrogens with one attached hydrogen (secondary N) is 1. The average Bonchev–Trinajstić information content (AvgIpc) is 2.69. The van der Waals surface area contributed by atoms with Crippen LogP contribution in [0.5, 0.6) is 5.75 Å². The zero-order chi connectivity index (χ0) is 20.6. The molecule has 2 amide bonds. The van der Waals surface area contributed by atoms with Gasteiger partial charge in [0.2, 0.25) is 0 Å². The number of methoxy groups -OCH3 is 1. The molecule has 1 aromatic carbocycles. The van der Waals surface area contributed by atoms with Crippen LogP contribution in [0.1, 0.15) is 44.2 Å². The highest BCUT2D eigenvalue weighted by Gasteiger charge is 2.29. The van der Waals surface area contributed by atoms with Crippen LogP contribution in [0.4, 0.5) is 18.0 Å². The quantitative estimate of drug-likeness (QED) is 0.710. The van der Waals surface area contributed by atoms with Gasteiger partial charge in [-0.05, 0) is 38.9 Å². The second kappa shape index (κ2) is 10.5. The molecule has 1 N–H and O–H groups in total. The van der Waals surface area contributed by atoms with Crippen LogP contribution in [0.25, 0.3) is 0 Å². The number of rotatable bonds is 8. The van der Waals surface area contributed by atoms with Crippen LogP contribution >= 0.6 is 0 Å². The van der Waals surface area contributed by atoms with Gasteiger partial charge < -0.3 is 15.0 Å². The Labute approximate surface area is 164 Å². The lowest BCUT2D eigenvalue weighted by molar-refractivity contribution is -0.136. The number of benzene rings is 1. The molecule has 0 bridgehead atoms. The third-order valence-electron chi connectivity index (χ3n) is 5.11. The Morgan fingerprint density at radius 3 is 2.54 bits per heavy atom. The van der Waals surface area contributed by atoms with Gasteiger partial charge in [0, 0.05) is 25.2 Å². The van der Waals surface area contributed by atoms with E-state index in [0.29, 0.717) is 6.54 Å². The summed E-state index contributed by atoms with van der Waals surface area (Å²) >= 11 is 0. The van der Waals surface area contributed by atoms with Gasteiger partial charge in [-0.3, -0.25) is 4.90 Å². The Balaban J connectivity index is 2.08. The molecule has 1 aliphatic heterocycles. The van der Waals surface area contributed by atoms with Gasteiger partial charge in [0.05, 0.1) is 19.6 Å². The predicted molar refractivity (Wildman–Crippen MR) is 102 cm³/mol. The average molecular weight is 401 g/mol. The first kappa shape index (κ1) is 22.3. The molecule has 1 atom stereocenters. The van der Waals surface area contributed by atoms with Crippen molar-refractivity contribution in [3.63, 3.8) is 0 Å². The minimum absolute atomic E-state index is 0.0817. The number of ether oxygens (including phenoxy) is 1. The Morgan fingerprint density at radius 1 is 1.25 bits per heavy atom. The van der Waals surface area contributed by atoms with Crippen LogP contribution in [0.2, 0.25) is 0 Å². The molecule has 158 valence electrons. The zero-order valence-corrected chi connectivity index (χ0v) is 16.6. The van der Waals surface area contributed by atoms with E-state index in [1.165, 1.54) is 11.3 Å². The number of carbonyl (C=O) groups is 1. The van der Waals surface area contributed by atoms with Gasteiger partial charge in [0.25, 0.3) is 0 Å². The molecule has 1 aromatic rings. The molecule has 1 saturated heterocycles. The standard InChI is InChI=1S/C20H30F3N3O2/c1-3-25(14-11-20(21,22)23)19(27)24-15-17(26-12-7-4-8-13-26)16-9-5-6-10-18(16)28-2/h5-6,9-10,17H,3-4,7-8,11-15H2,1-2H3,(H,24,27). The molecule has 0 aromatic heterocycles. The summed E-state index contributed by atoms with van der Waals surface area (Å²) in [6.07, 6.45) is -1.92. The van der Waals surface area contributed by atoms with Crippen molar-refractivity contribution < 1.29 is 22.7 Å². The van der Waals surface area contributed by atoms with Gasteiger partial charge in [0.15, 0.2) is 0 Å². The van der Waals surface area contributed by atoms with Gasteiger partial charge in [-0.25, -0.2) is 4.79 Å². The highest BCUT2D eigenvalue weighted by atomic mass is 19.4. The lowest BCUT2D eigenvalue weighted by atomic mass is 10.0. The molecule has 1 unspecified atom stereocenters. The summed E-state index contributed by atoms with van der Waals surface area (Å²) in [5.41, 5.74) is 0.977. The molecule has 2 rings (SSSR count). The normalized spacial score (nSPS) is 16.5. The molecule has 0 aliphatic carbocycles. The Kier molecular flexibility index (Phi) is 8.41. The summed E-state index contributed by atoms with van der Waals surface area (Å²) in [6, 6.07) is 7.13. The first-order chi connectivity index (χ1) is 13.4. The number of nitrogens with zero attached hydrogens (tertiary/aromatic N) is 2. The van der Waals surface area contributed by atoms with Crippen LogP contribution in [-0.2, 0) is 0 Å². The van der Waals surface area contributed by atoms with Crippen LogP contribution in [-0.4, -0.2) is 61.8 Å². The summed E-state index contributed by atoms with van der Waals surface area (Å²) < 4.78 is 43.0. The van der Waals surface area contributed by atoms with E-state index in [9.17, 15) is 18.0 Å². The summed E-state index contributed by atoms with van der Waals surface area (Å²) in [7, 11) is 1.61. The molecule has 0 saturated carbocycles. The summed E-state index contributed by atoms with van der Waals surface area (Å²) in [4.78, 5) is 16.0. The van der Waals surface area contributed by atoms with Crippen molar-refractivity contribution in [1.29, 1.82) is 0 Å². The summed E-state index contributed by atoms with van der Waals surface area (Å²) in [5, 5.41) is 2.84. The SMILES string of the molecule is CCN(CCC(F)(F)F)C(=O)NCC(c1ccccc1OC)N1CCCCC1. The molecular weight excluding hydrogens is 371 g/mol. The van der Waals surface area contributed by atoms with E-state index in [-0.39, 0.29) is 19.1 Å². The third kappa shape index (κ3) is 6.58. The fraction of sp³-hybridized carbons (Fsp3) is 0.650. The maximum absolute atomic E-state index is 12.5. The molecule has 0 spiro atoms. The molecule has 28 heavy (non-hydrogen) atoms. The highest BCUT2D eigenvalue weighted by Crippen LogP contribution is 2.31. The van der Waals surface area contributed by atoms with E-state index in [4.69, 9.17) is 4.74 Å². The van der Waals surface area contributed by atoms with E-state index in [2.05, 4.69) is 10.2 Å². The fourth-order valence-corrected chi connectivity index (χ4v) is 3.57. The van der Waals surface area contributed by atoms with Crippen molar-refractivity contribution in [3.8, 4) is 5.75 Å². The number of alkyl halides is 3. The number of hydrogen-bond acceptors (Lipinski definition) is 3. The molecule has 5 nitrogen and oxygen atoms in total. The van der Waals surface area contributed by atoms with Crippen LogP contribution in [0.3, 0.4) is 0 Å². The van der Waals surface area contributed by atoms with Gasteiger partial charge >= 0.3 is 12.2 Å². The first-order valence-corrected chi connectivity index (χ1v) is 9.82. The van der Waals surface area contributed by atoms with E-state index in [1.54, 1.807) is 14.0 Å². The third-order valence-corrected chi connectivity index (χ3v) is 5.11. The van der Waals surface area contributed by atoms with Crippen molar-refractivity contribution in [2.24, 2.45) is 0 Å². The van der Waals surface area contributed by atoms with E-state index in [1.807, 2.05) is 24.3 Å². The van der Waals surface area contributed by atoms with Crippen LogP contribution < -0.4 is 10.1 Å². The topological polar surface area (TPSA) is 44.8 Å². The Bertz CT molecular complexity index is 619. The van der Waals surface area contributed by atoms with Crippen molar-refractivity contribution in [2.45, 2.75) is 44.8 Å². The fourth-order valence-electron chi connectivity index (χ4n) is 3.57. The number of carbonyl (C=O) groups excluding carboxylic acids is 1. The predicted octanol–water partition coefficient (Wildman–Crippen LogP) is 4.21. The summed E-state index contributed by atoms with van der Waals surface area (Å²) in [5.74, 6) is 0.747. The maximum Gasteiger partial charge on any atom is 0.390 e. The maximum atomic E-state index is 12.5. The second-order valence-corrected chi connectivity index (χ2v) is 6.99. The molecule has 0 radical (unpaired) electrons. The highest BCUT2D eigenvalue weighted by molar-refractivity contribution is 5.74. The van der Waals surface area contributed by atoms with E-state index < -0.39 is 18.6 Å². The Hall–Kier alpha value is -1.96. The number of halogens is 3. The van der Waals surface area contributed by atoms with Gasteiger partial charge in [-0.15, -0.1) is 0 Å². The molecular formula is C20H30F3N3O2. The lowest BCUT2D eigenvalue weighted by Gasteiger charge is -2.36. The number of likely N-dealkylation sites (tertiary alicyclic amines) is 1. The number of hydrogen-bond donors (Lipinski definition) is 1. The zero-order valence-electron chi connectivity index (χ0n) is 16.6. The van der Waals surface area contributed by atoms with Gasteiger partial charge in [0.1, 0.15) is 5.75 Å². The van der Waals surface area contributed by atoms with E-state index >= 15 is 0 Å². The second-order valence-electron chi connectivity index (χ2n) is 6.99. The largest absolute Gasteiger partial charge is 0.496 e. The first-order valence-electron chi connectivity index (χ1n) is 9.82. The van der Waals surface area contributed by atoms with Gasteiger partial charge in [-0.2, -0.15) is 13.2 Å². The minimum atomic E-state index is -4.28. The van der Waals surface area contributed by atoms with Gasteiger partial charge in [-0.1, -0.05) is 24.6 Å². The molecule has 8 heteroatoms. The van der Waals surface area contributed by atoms with Crippen molar-refractivity contribution >= 4 is 6.03 Å². The summed E-state index contributed by atoms with van der Waals surface area (Å²) in [6.45, 7) is 3.73. The molecule has 1 heterocycles. The van der Waals surface area contributed by atoms with Crippen molar-refractivity contribution in [1.82, 2.24) is 15.1 Å². The van der Waals surface area contributed by atoms with Crippen LogP contribution in [0, 0.1) is 0 Å². The lowest BCUT2D eigenvalue weighted by Crippen LogP contribution is -2.46. The Morgan fingerprint density at radius 2 is 1.93 bits per heavy atom. The number of urea groups is 1. The van der Waals surface area contributed by atoms with Crippen molar-refractivity contribution in [2.75, 3.05) is 39.8 Å².